The zero-order valence-corrected chi connectivity index (χ0v) is 10.4. The number of halogens is 1. The average molecular weight is 269 g/mol. The first kappa shape index (κ1) is 12.3. The largest absolute Gasteiger partial charge is 0.293 e. The van der Waals surface area contributed by atoms with Gasteiger partial charge in [-0.25, -0.2) is 4.39 Å². The lowest BCUT2D eigenvalue weighted by Crippen LogP contribution is -2.38. The third-order valence-corrected chi connectivity index (χ3v) is 4.67. The number of carbonyl (C=O) groups is 2. The Morgan fingerprint density at radius 3 is 1.90 bits per heavy atom. The molecule has 6 heteroatoms. The van der Waals surface area contributed by atoms with E-state index in [0.29, 0.717) is 5.56 Å². The number of amides is 2. The molecule has 0 bridgehead atoms. The molecule has 1 saturated carbocycles. The second kappa shape index (κ2) is 3.23. The molecule has 1 aromatic rings. The van der Waals surface area contributed by atoms with Gasteiger partial charge in [0.25, 0.3) is 0 Å². The van der Waals surface area contributed by atoms with Gasteiger partial charge in [0, 0.05) is 0 Å². The molecule has 0 spiro atoms. The molecule has 98 valence electrons. The van der Waals surface area contributed by atoms with E-state index in [1.165, 1.54) is 31.2 Å². The van der Waals surface area contributed by atoms with E-state index in [-0.39, 0.29) is 0 Å². The SMILES string of the molecule is CC1(c2ccc(F)cc2)[C@]2(C#N)C(=O)NC(=O)[C@]12C#N. The Balaban J connectivity index is 2.29. The quantitative estimate of drug-likeness (QED) is 0.762. The Morgan fingerprint density at radius 2 is 1.50 bits per heavy atom. The van der Waals surface area contributed by atoms with E-state index in [2.05, 4.69) is 0 Å². The molecule has 2 aliphatic rings. The van der Waals surface area contributed by atoms with Crippen molar-refractivity contribution in [1.29, 1.82) is 10.5 Å². The molecule has 1 heterocycles. The predicted molar refractivity (Wildman–Crippen MR) is 63.0 cm³/mol. The van der Waals surface area contributed by atoms with Crippen LogP contribution >= 0.6 is 0 Å². The topological polar surface area (TPSA) is 93.8 Å². The molecule has 1 saturated heterocycles. The molecular weight excluding hydrogens is 261 g/mol. The van der Waals surface area contributed by atoms with Gasteiger partial charge in [0.05, 0.1) is 17.6 Å². The number of nitrogens with zero attached hydrogens (tertiary/aromatic N) is 2. The maximum atomic E-state index is 13.0. The number of fused-ring (bicyclic) bond motifs is 1. The van der Waals surface area contributed by atoms with Crippen LogP contribution in [0.1, 0.15) is 12.5 Å². The highest BCUT2D eigenvalue weighted by molar-refractivity contribution is 6.20. The molecule has 3 rings (SSSR count). The number of piperidine rings is 1. The van der Waals surface area contributed by atoms with E-state index in [1.807, 2.05) is 17.5 Å². The summed E-state index contributed by atoms with van der Waals surface area (Å²) in [6.45, 7) is 1.52. The molecule has 1 aromatic carbocycles. The molecule has 3 atom stereocenters. The van der Waals surface area contributed by atoms with Crippen molar-refractivity contribution in [2.24, 2.45) is 10.8 Å². The molecule has 5 nitrogen and oxygen atoms in total. The van der Waals surface area contributed by atoms with Crippen molar-refractivity contribution in [3.63, 3.8) is 0 Å². The zero-order valence-electron chi connectivity index (χ0n) is 10.4. The fourth-order valence-corrected chi connectivity index (χ4v) is 3.51. The number of rotatable bonds is 1. The van der Waals surface area contributed by atoms with Gasteiger partial charge < -0.3 is 0 Å². The molecule has 1 aliphatic heterocycles. The second-order valence-electron chi connectivity index (χ2n) is 5.14. The van der Waals surface area contributed by atoms with E-state index in [0.717, 1.165) is 0 Å². The Morgan fingerprint density at radius 1 is 1.05 bits per heavy atom. The van der Waals surface area contributed by atoms with E-state index >= 15 is 0 Å². The minimum absolute atomic E-state index is 0.421. The minimum Gasteiger partial charge on any atom is -0.293 e. The van der Waals surface area contributed by atoms with Crippen molar-refractivity contribution >= 4 is 11.8 Å². The third kappa shape index (κ3) is 0.856. The van der Waals surface area contributed by atoms with Crippen molar-refractivity contribution in [3.8, 4) is 12.1 Å². The molecule has 20 heavy (non-hydrogen) atoms. The number of hydrogen-bond acceptors (Lipinski definition) is 4. The highest BCUT2D eigenvalue weighted by Crippen LogP contribution is 2.80. The van der Waals surface area contributed by atoms with Crippen LogP contribution in [0.15, 0.2) is 24.3 Å². The van der Waals surface area contributed by atoms with Gasteiger partial charge in [-0.3, -0.25) is 14.9 Å². The third-order valence-electron chi connectivity index (χ3n) is 4.67. The zero-order chi connectivity index (χ0) is 14.8. The molecule has 1 unspecified atom stereocenters. The highest BCUT2D eigenvalue weighted by Gasteiger charge is 2.97. The van der Waals surface area contributed by atoms with Crippen molar-refractivity contribution in [1.82, 2.24) is 5.32 Å². The summed E-state index contributed by atoms with van der Waals surface area (Å²) in [6.07, 6.45) is 0. The van der Waals surface area contributed by atoms with Crippen molar-refractivity contribution < 1.29 is 14.0 Å². The number of imide groups is 1. The Bertz CT molecular complexity index is 705. The standard InChI is InChI=1S/C14H8FN3O2/c1-12(8-2-4-9(15)5-3-8)13(6-16)10(19)18-11(20)14(12,13)7-17/h2-5H,1H3,(H,18,19,20)/t12?,13-,14+. The predicted octanol–water partition coefficient (Wildman–Crippen LogP) is 0.773. The molecule has 0 aromatic heterocycles. The smallest absolute Gasteiger partial charge is 0.250 e. The molecule has 1 N–H and O–H groups in total. The van der Waals surface area contributed by atoms with Crippen LogP contribution in [0.2, 0.25) is 0 Å². The fraction of sp³-hybridized carbons (Fsp3) is 0.286. The monoisotopic (exact) mass is 269 g/mol. The summed E-state index contributed by atoms with van der Waals surface area (Å²) in [4.78, 5) is 24.0. The Hall–Kier alpha value is -2.73. The van der Waals surface area contributed by atoms with Crippen molar-refractivity contribution in [2.45, 2.75) is 12.3 Å². The summed E-state index contributed by atoms with van der Waals surface area (Å²) >= 11 is 0. The normalized spacial score (nSPS) is 37.6. The van der Waals surface area contributed by atoms with Crippen LogP contribution in [0.4, 0.5) is 4.39 Å². The molecule has 2 fully saturated rings. The first-order valence-corrected chi connectivity index (χ1v) is 5.87. The maximum absolute atomic E-state index is 13.0. The number of hydrogen-bond donors (Lipinski definition) is 1. The number of nitriles is 2. The molecule has 2 amide bonds. The summed E-state index contributed by atoms with van der Waals surface area (Å²) in [5.41, 5.74) is -4.34. The van der Waals surface area contributed by atoms with Crippen LogP contribution < -0.4 is 5.32 Å². The molecular formula is C14H8FN3O2. The van der Waals surface area contributed by atoms with Gasteiger partial charge in [-0.1, -0.05) is 19.1 Å². The van der Waals surface area contributed by atoms with E-state index in [1.54, 1.807) is 0 Å². The van der Waals surface area contributed by atoms with Crippen LogP contribution in [0, 0.1) is 39.3 Å². The lowest BCUT2D eigenvalue weighted by Gasteiger charge is -2.18. The first-order chi connectivity index (χ1) is 9.42. The minimum atomic E-state index is -1.75. The highest BCUT2D eigenvalue weighted by atomic mass is 19.1. The molecule has 0 radical (unpaired) electrons. The van der Waals surface area contributed by atoms with E-state index in [9.17, 15) is 24.5 Å². The van der Waals surface area contributed by atoms with Gasteiger partial charge in [0.2, 0.25) is 11.8 Å². The van der Waals surface area contributed by atoms with Gasteiger partial charge in [-0.15, -0.1) is 0 Å². The second-order valence-corrected chi connectivity index (χ2v) is 5.14. The van der Waals surface area contributed by atoms with E-state index in [4.69, 9.17) is 0 Å². The maximum Gasteiger partial charge on any atom is 0.250 e. The van der Waals surface area contributed by atoms with Crippen LogP contribution in [0.3, 0.4) is 0 Å². The molecule has 1 aliphatic carbocycles. The van der Waals surface area contributed by atoms with Gasteiger partial charge in [-0.05, 0) is 17.7 Å². The van der Waals surface area contributed by atoms with Gasteiger partial charge in [0.15, 0.2) is 10.8 Å². The van der Waals surface area contributed by atoms with Crippen molar-refractivity contribution in [3.05, 3.63) is 35.6 Å². The van der Waals surface area contributed by atoms with Crippen LogP contribution in [0.5, 0.6) is 0 Å². The van der Waals surface area contributed by atoms with E-state index < -0.39 is 33.9 Å². The Kier molecular flexibility index (Phi) is 1.99. The lowest BCUT2D eigenvalue weighted by atomic mass is 9.85. The van der Waals surface area contributed by atoms with Gasteiger partial charge in [0.1, 0.15) is 5.82 Å². The summed E-state index contributed by atoms with van der Waals surface area (Å²) in [5, 5.41) is 20.9. The van der Waals surface area contributed by atoms with Gasteiger partial charge >= 0.3 is 0 Å². The first-order valence-electron chi connectivity index (χ1n) is 5.87. The summed E-state index contributed by atoms with van der Waals surface area (Å²) in [7, 11) is 0. The Labute approximate surface area is 113 Å². The van der Waals surface area contributed by atoms with Gasteiger partial charge in [-0.2, -0.15) is 10.5 Å². The number of carbonyl (C=O) groups excluding carboxylic acids is 2. The number of benzene rings is 1. The summed E-state index contributed by atoms with van der Waals surface area (Å²) in [5.74, 6) is -2.01. The van der Waals surface area contributed by atoms with Crippen LogP contribution in [-0.4, -0.2) is 11.8 Å². The van der Waals surface area contributed by atoms with Crippen LogP contribution in [-0.2, 0) is 15.0 Å². The average Bonchev–Trinajstić information content (AvgIpc) is 2.84. The number of nitrogens with one attached hydrogen (secondary N) is 1. The van der Waals surface area contributed by atoms with Crippen LogP contribution in [0.25, 0.3) is 0 Å². The summed E-state index contributed by atoms with van der Waals surface area (Å²) in [6, 6.07) is 8.82. The van der Waals surface area contributed by atoms with Crippen molar-refractivity contribution in [2.75, 3.05) is 0 Å². The summed E-state index contributed by atoms with van der Waals surface area (Å²) < 4.78 is 13.0. The fourth-order valence-electron chi connectivity index (χ4n) is 3.51. The lowest BCUT2D eigenvalue weighted by molar-refractivity contribution is -0.129.